The van der Waals surface area contributed by atoms with Crippen molar-refractivity contribution < 1.29 is 14.4 Å². The van der Waals surface area contributed by atoms with E-state index >= 15 is 0 Å². The number of ether oxygens (including phenoxy) is 1. The molecular weight excluding hydrogens is 456 g/mol. The summed E-state index contributed by atoms with van der Waals surface area (Å²) < 4.78 is 5.37. The van der Waals surface area contributed by atoms with Gasteiger partial charge in [0.05, 0.1) is 18.8 Å². The predicted molar refractivity (Wildman–Crippen MR) is 129 cm³/mol. The molecule has 1 fully saturated rings. The average Bonchev–Trinajstić information content (AvgIpc) is 3.31. The van der Waals surface area contributed by atoms with Crippen LogP contribution in [0.3, 0.4) is 0 Å². The normalized spacial score (nSPS) is 14.8. The lowest BCUT2D eigenvalue weighted by Gasteiger charge is -2.24. The molecule has 0 saturated carbocycles. The van der Waals surface area contributed by atoms with E-state index in [4.69, 9.17) is 21.2 Å². The standard InChI is InChI=1S/C24H27ClN6O3/c1-24(2,3)19-8-4-18(5-9-19)22(32)34-28-21(17-6-10-20(25)11-7-17)16-31-27-23(26-29-31)30-12-14-33-15-13-30/h4-11H,12-16H2,1-3H3/b28-21+. The molecule has 0 N–H and O–H groups in total. The van der Waals surface area contributed by atoms with Crippen molar-refractivity contribution in [3.63, 3.8) is 0 Å². The van der Waals surface area contributed by atoms with E-state index in [1.54, 1.807) is 36.4 Å². The van der Waals surface area contributed by atoms with Crippen molar-refractivity contribution in [3.05, 3.63) is 70.2 Å². The van der Waals surface area contributed by atoms with Crippen LogP contribution in [0, 0.1) is 0 Å². The molecule has 0 atom stereocenters. The zero-order valence-electron chi connectivity index (χ0n) is 19.4. The van der Waals surface area contributed by atoms with Crippen LogP contribution in [0.25, 0.3) is 0 Å². The van der Waals surface area contributed by atoms with Gasteiger partial charge in [-0.25, -0.2) is 4.79 Å². The third-order valence-electron chi connectivity index (χ3n) is 5.43. The average molecular weight is 483 g/mol. The SMILES string of the molecule is CC(C)(C)c1ccc(C(=O)O/N=C(\Cn2nnc(N3CCOCC3)n2)c2ccc(Cl)cc2)cc1. The van der Waals surface area contributed by atoms with E-state index < -0.39 is 5.97 Å². The van der Waals surface area contributed by atoms with Crippen LogP contribution in [0.2, 0.25) is 5.02 Å². The van der Waals surface area contributed by atoms with Gasteiger partial charge in [-0.1, -0.05) is 66.9 Å². The van der Waals surface area contributed by atoms with Crippen molar-refractivity contribution in [1.82, 2.24) is 20.2 Å². The van der Waals surface area contributed by atoms with Gasteiger partial charge in [0, 0.05) is 23.7 Å². The highest BCUT2D eigenvalue weighted by atomic mass is 35.5. The van der Waals surface area contributed by atoms with Crippen LogP contribution >= 0.6 is 11.6 Å². The van der Waals surface area contributed by atoms with E-state index in [1.807, 2.05) is 17.0 Å². The van der Waals surface area contributed by atoms with E-state index in [0.29, 0.717) is 48.5 Å². The van der Waals surface area contributed by atoms with E-state index in [-0.39, 0.29) is 12.0 Å². The van der Waals surface area contributed by atoms with Crippen molar-refractivity contribution in [2.45, 2.75) is 32.7 Å². The van der Waals surface area contributed by atoms with E-state index in [9.17, 15) is 4.79 Å². The molecule has 0 radical (unpaired) electrons. The number of benzene rings is 2. The summed E-state index contributed by atoms with van der Waals surface area (Å²) in [7, 11) is 0. The molecule has 4 rings (SSSR count). The maximum atomic E-state index is 12.6. The molecule has 2 heterocycles. The zero-order chi connectivity index (χ0) is 24.1. The lowest BCUT2D eigenvalue weighted by Crippen LogP contribution is -2.37. The summed E-state index contributed by atoms with van der Waals surface area (Å²) in [6.07, 6.45) is 0. The fourth-order valence-electron chi connectivity index (χ4n) is 3.40. The summed E-state index contributed by atoms with van der Waals surface area (Å²) in [5.41, 5.74) is 2.73. The van der Waals surface area contributed by atoms with Crippen molar-refractivity contribution >= 4 is 29.2 Å². The topological polar surface area (TPSA) is 94.7 Å². The number of hydrogen-bond acceptors (Lipinski definition) is 8. The van der Waals surface area contributed by atoms with Crippen molar-refractivity contribution in [2.75, 3.05) is 31.2 Å². The Hall–Kier alpha value is -3.30. The minimum Gasteiger partial charge on any atom is -0.378 e. The number of carbonyl (C=O) groups excluding carboxylic acids is 1. The fraction of sp³-hybridized carbons (Fsp3) is 0.375. The first-order valence-electron chi connectivity index (χ1n) is 11.0. The molecule has 0 spiro atoms. The molecule has 1 aliphatic rings. The van der Waals surface area contributed by atoms with Crippen molar-refractivity contribution in [3.8, 4) is 0 Å². The fourth-order valence-corrected chi connectivity index (χ4v) is 3.52. The Balaban J connectivity index is 1.52. The second kappa shape index (κ2) is 10.3. The van der Waals surface area contributed by atoms with Crippen LogP contribution in [-0.4, -0.2) is 58.2 Å². The largest absolute Gasteiger partial charge is 0.378 e. The van der Waals surface area contributed by atoms with E-state index in [0.717, 1.165) is 11.1 Å². The van der Waals surface area contributed by atoms with Gasteiger partial charge in [-0.3, -0.25) is 0 Å². The number of halogens is 1. The summed E-state index contributed by atoms with van der Waals surface area (Å²) in [5.74, 6) is -0.0258. The van der Waals surface area contributed by atoms with Gasteiger partial charge in [0.1, 0.15) is 12.3 Å². The molecule has 3 aromatic rings. The second-order valence-corrected chi connectivity index (χ2v) is 9.41. The summed E-state index contributed by atoms with van der Waals surface area (Å²) in [5, 5.41) is 17.5. The highest BCUT2D eigenvalue weighted by molar-refractivity contribution is 6.30. The molecule has 0 unspecified atom stereocenters. The molecule has 2 aromatic carbocycles. The molecule has 1 aromatic heterocycles. The molecule has 9 nitrogen and oxygen atoms in total. The highest BCUT2D eigenvalue weighted by Crippen LogP contribution is 2.22. The van der Waals surface area contributed by atoms with Crippen LogP contribution in [0.5, 0.6) is 0 Å². The number of anilines is 1. The number of hydrogen-bond donors (Lipinski definition) is 0. The maximum Gasteiger partial charge on any atom is 0.365 e. The third-order valence-corrected chi connectivity index (χ3v) is 5.68. The van der Waals surface area contributed by atoms with Gasteiger partial charge in [0.25, 0.3) is 5.95 Å². The number of morpholine rings is 1. The van der Waals surface area contributed by atoms with Gasteiger partial charge >= 0.3 is 5.97 Å². The molecule has 0 aliphatic carbocycles. The Morgan fingerprint density at radius 3 is 2.35 bits per heavy atom. The van der Waals surface area contributed by atoms with Crippen LogP contribution < -0.4 is 4.90 Å². The molecule has 1 aliphatic heterocycles. The molecule has 0 bridgehead atoms. The Bertz CT molecular complexity index is 1150. The molecule has 1 saturated heterocycles. The van der Waals surface area contributed by atoms with E-state index in [1.165, 1.54) is 4.80 Å². The minimum atomic E-state index is -0.549. The maximum absolute atomic E-state index is 12.6. The first kappa shape index (κ1) is 23.8. The number of nitrogens with zero attached hydrogens (tertiary/aromatic N) is 6. The Morgan fingerprint density at radius 1 is 1.06 bits per heavy atom. The Morgan fingerprint density at radius 2 is 1.71 bits per heavy atom. The quantitative estimate of drug-likeness (QED) is 0.300. The number of carbonyl (C=O) groups is 1. The summed E-state index contributed by atoms with van der Waals surface area (Å²) in [6.45, 7) is 9.17. The summed E-state index contributed by atoms with van der Waals surface area (Å²) in [4.78, 5) is 21.4. The van der Waals surface area contributed by atoms with Crippen molar-refractivity contribution in [2.24, 2.45) is 5.16 Å². The molecule has 10 heteroatoms. The molecule has 0 amide bonds. The van der Waals surface area contributed by atoms with Gasteiger partial charge in [0.2, 0.25) is 0 Å². The van der Waals surface area contributed by atoms with Crippen LogP contribution in [0.1, 0.15) is 42.3 Å². The molecule has 178 valence electrons. The monoisotopic (exact) mass is 482 g/mol. The first-order valence-corrected chi connectivity index (χ1v) is 11.4. The van der Waals surface area contributed by atoms with Gasteiger partial charge in [0.15, 0.2) is 0 Å². The summed E-state index contributed by atoms with van der Waals surface area (Å²) in [6, 6.07) is 14.4. The minimum absolute atomic E-state index is 0.00673. The zero-order valence-corrected chi connectivity index (χ0v) is 20.2. The molecular formula is C24H27ClN6O3. The Labute approximate surface area is 203 Å². The lowest BCUT2D eigenvalue weighted by atomic mass is 9.87. The van der Waals surface area contributed by atoms with Gasteiger partial charge in [-0.05, 0) is 40.5 Å². The number of oxime groups is 1. The number of rotatable bonds is 6. The predicted octanol–water partition coefficient (Wildman–Crippen LogP) is 3.72. The lowest BCUT2D eigenvalue weighted by molar-refractivity contribution is 0.0515. The smallest absolute Gasteiger partial charge is 0.365 e. The van der Waals surface area contributed by atoms with E-state index in [2.05, 4.69) is 41.3 Å². The van der Waals surface area contributed by atoms with Crippen LogP contribution in [-0.2, 0) is 21.5 Å². The Kier molecular flexibility index (Phi) is 7.23. The van der Waals surface area contributed by atoms with Crippen LogP contribution in [0.4, 0.5) is 5.95 Å². The van der Waals surface area contributed by atoms with Gasteiger partial charge in [-0.15, -0.1) is 5.10 Å². The number of tetrazole rings is 1. The van der Waals surface area contributed by atoms with Gasteiger partial charge in [-0.2, -0.15) is 4.80 Å². The molecule has 34 heavy (non-hydrogen) atoms. The van der Waals surface area contributed by atoms with Gasteiger partial charge < -0.3 is 14.5 Å². The highest BCUT2D eigenvalue weighted by Gasteiger charge is 2.18. The second-order valence-electron chi connectivity index (χ2n) is 8.97. The first-order chi connectivity index (χ1) is 16.3. The van der Waals surface area contributed by atoms with Crippen LogP contribution in [0.15, 0.2) is 53.7 Å². The third kappa shape index (κ3) is 5.98. The van der Waals surface area contributed by atoms with Crippen molar-refractivity contribution in [1.29, 1.82) is 0 Å². The number of aromatic nitrogens is 4. The summed E-state index contributed by atoms with van der Waals surface area (Å²) >= 11 is 6.04.